The first-order valence-electron chi connectivity index (χ1n) is 11.9. The Labute approximate surface area is 212 Å². The van der Waals surface area contributed by atoms with Crippen molar-refractivity contribution in [1.29, 1.82) is 0 Å². The lowest BCUT2D eigenvalue weighted by molar-refractivity contribution is -0.137. The zero-order valence-electron chi connectivity index (χ0n) is 20.1. The number of hydrogen-bond donors (Lipinski definition) is 3. The number of nitrogens with one attached hydrogen (secondary N) is 3. The van der Waals surface area contributed by atoms with Gasteiger partial charge < -0.3 is 10.7 Å². The number of carbonyl (C=O) groups excluding carboxylic acids is 1. The lowest BCUT2D eigenvalue weighted by Gasteiger charge is -2.19. The van der Waals surface area contributed by atoms with Crippen LogP contribution in [0.1, 0.15) is 45.5 Å². The first-order chi connectivity index (χ1) is 17.8. The Bertz CT molecular complexity index is 1320. The Morgan fingerprint density at radius 3 is 2.57 bits per heavy atom. The lowest BCUT2D eigenvalue weighted by Crippen LogP contribution is -2.36. The van der Waals surface area contributed by atoms with E-state index < -0.39 is 17.6 Å². The highest BCUT2D eigenvalue weighted by molar-refractivity contribution is 6.05. The molecule has 3 aromatic rings. The van der Waals surface area contributed by atoms with Crippen LogP contribution >= 0.6 is 0 Å². The Kier molecular flexibility index (Phi) is 6.81. The normalized spacial score (nSPS) is 16.0. The number of hydrazine groups is 2. The van der Waals surface area contributed by atoms with Crippen molar-refractivity contribution in [3.8, 4) is 0 Å². The topological polar surface area (TPSA) is 85.4 Å². The molecule has 37 heavy (non-hydrogen) atoms. The van der Waals surface area contributed by atoms with E-state index in [0.717, 1.165) is 54.9 Å². The predicted octanol–water partition coefficient (Wildman–Crippen LogP) is 4.48. The number of alkyl halides is 3. The third-order valence-corrected chi connectivity index (χ3v) is 6.35. The number of aryl methyl sites for hydroxylation is 1. The first-order valence-corrected chi connectivity index (χ1v) is 11.9. The van der Waals surface area contributed by atoms with Gasteiger partial charge in [0.1, 0.15) is 6.33 Å². The molecule has 1 saturated heterocycles. The van der Waals surface area contributed by atoms with Crippen LogP contribution in [-0.2, 0) is 12.7 Å². The smallest absolute Gasteiger partial charge is 0.322 e. The van der Waals surface area contributed by atoms with E-state index in [2.05, 4.69) is 31.1 Å². The second-order valence-electron chi connectivity index (χ2n) is 9.13. The van der Waals surface area contributed by atoms with Crippen LogP contribution in [0.2, 0.25) is 0 Å². The number of rotatable bonds is 6. The lowest BCUT2D eigenvalue weighted by atomic mass is 10.1. The molecule has 0 radical (unpaired) electrons. The Morgan fingerprint density at radius 1 is 1.08 bits per heavy atom. The summed E-state index contributed by atoms with van der Waals surface area (Å²) in [5.41, 5.74) is 9.33. The van der Waals surface area contributed by atoms with Crippen molar-refractivity contribution in [2.75, 3.05) is 23.4 Å². The molecule has 2 aliphatic rings. The Hall–Kier alpha value is -3.96. The largest absolute Gasteiger partial charge is 0.416 e. The Balaban J connectivity index is 1.37. The molecule has 1 amide bonds. The van der Waals surface area contributed by atoms with Crippen molar-refractivity contribution in [2.45, 2.75) is 32.5 Å². The predicted molar refractivity (Wildman–Crippen MR) is 134 cm³/mol. The summed E-state index contributed by atoms with van der Waals surface area (Å²) in [6.45, 7) is 4.03. The molecule has 2 aromatic carbocycles. The highest BCUT2D eigenvalue weighted by atomic mass is 19.4. The maximum atomic E-state index is 13.6. The molecule has 3 heterocycles. The van der Waals surface area contributed by atoms with Gasteiger partial charge in [-0.2, -0.15) is 13.2 Å². The highest BCUT2D eigenvalue weighted by Gasteiger charge is 2.31. The maximum absolute atomic E-state index is 13.6. The second-order valence-corrected chi connectivity index (χ2v) is 9.13. The molecule has 1 fully saturated rings. The van der Waals surface area contributed by atoms with Gasteiger partial charge in [0.25, 0.3) is 5.91 Å². The third-order valence-electron chi connectivity index (χ3n) is 6.35. The number of hydrogen-bond acceptors (Lipinski definition) is 7. The number of aromatic nitrogens is 2. The minimum Gasteiger partial charge on any atom is -0.322 e. The van der Waals surface area contributed by atoms with Gasteiger partial charge in [0.15, 0.2) is 0 Å². The van der Waals surface area contributed by atoms with Gasteiger partial charge in [0.05, 0.1) is 16.9 Å². The molecule has 0 aliphatic carbocycles. The number of anilines is 2. The van der Waals surface area contributed by atoms with Crippen LogP contribution < -0.4 is 21.3 Å². The van der Waals surface area contributed by atoms with Gasteiger partial charge in [0.2, 0.25) is 0 Å². The summed E-state index contributed by atoms with van der Waals surface area (Å²) >= 11 is 0. The van der Waals surface area contributed by atoms with Crippen LogP contribution in [0.4, 0.5) is 24.5 Å². The fourth-order valence-corrected chi connectivity index (χ4v) is 4.46. The molecule has 5 rings (SSSR count). The SMILES string of the molecule is Cc1ccc(C(=O)Nc2cc(CN3CCCC3)cc(C(F)(F)F)c2)cc1N1C=C(c2cncnc2)NN1. The number of amides is 1. The van der Waals surface area contributed by atoms with Crippen molar-refractivity contribution < 1.29 is 18.0 Å². The van der Waals surface area contributed by atoms with Crippen molar-refractivity contribution in [3.05, 3.63) is 89.1 Å². The molecule has 2 aliphatic heterocycles. The molecule has 0 spiro atoms. The van der Waals surface area contributed by atoms with Gasteiger partial charge in [-0.3, -0.25) is 14.7 Å². The minimum atomic E-state index is -4.51. The summed E-state index contributed by atoms with van der Waals surface area (Å²) in [5, 5.41) is 4.38. The number of nitrogens with zero attached hydrogens (tertiary/aromatic N) is 4. The molecule has 0 bridgehead atoms. The molecule has 0 unspecified atom stereocenters. The summed E-state index contributed by atoms with van der Waals surface area (Å²) in [7, 11) is 0. The number of likely N-dealkylation sites (tertiary alicyclic amines) is 1. The molecular weight excluding hydrogens is 483 g/mol. The summed E-state index contributed by atoms with van der Waals surface area (Å²) < 4.78 is 40.8. The van der Waals surface area contributed by atoms with Gasteiger partial charge in [0, 0.05) is 42.0 Å². The van der Waals surface area contributed by atoms with Crippen molar-refractivity contribution in [1.82, 2.24) is 25.8 Å². The van der Waals surface area contributed by atoms with Crippen LogP contribution in [0.5, 0.6) is 0 Å². The number of benzene rings is 2. The van der Waals surface area contributed by atoms with Crippen LogP contribution in [0, 0.1) is 6.92 Å². The van der Waals surface area contributed by atoms with E-state index in [0.29, 0.717) is 23.4 Å². The number of carbonyl (C=O) groups is 1. The van der Waals surface area contributed by atoms with Gasteiger partial charge >= 0.3 is 6.18 Å². The molecule has 1 aromatic heterocycles. The number of halogens is 3. The molecule has 3 N–H and O–H groups in total. The van der Waals surface area contributed by atoms with Crippen molar-refractivity contribution in [2.24, 2.45) is 0 Å². The molecule has 8 nitrogen and oxygen atoms in total. The summed E-state index contributed by atoms with van der Waals surface area (Å²) in [6.07, 6.45) is 4.14. The summed E-state index contributed by atoms with van der Waals surface area (Å²) in [4.78, 5) is 23.3. The minimum absolute atomic E-state index is 0.114. The summed E-state index contributed by atoms with van der Waals surface area (Å²) in [5.74, 6) is -0.500. The van der Waals surface area contributed by atoms with E-state index in [-0.39, 0.29) is 5.69 Å². The van der Waals surface area contributed by atoms with Gasteiger partial charge in [-0.1, -0.05) is 6.07 Å². The van der Waals surface area contributed by atoms with E-state index in [4.69, 9.17) is 0 Å². The second kappa shape index (κ2) is 10.2. The van der Waals surface area contributed by atoms with Crippen molar-refractivity contribution in [3.63, 3.8) is 0 Å². The fourth-order valence-electron chi connectivity index (χ4n) is 4.46. The van der Waals surface area contributed by atoms with E-state index in [9.17, 15) is 18.0 Å². The van der Waals surface area contributed by atoms with Gasteiger partial charge in [-0.15, -0.1) is 5.53 Å². The summed E-state index contributed by atoms with van der Waals surface area (Å²) in [6, 6.07) is 8.86. The zero-order chi connectivity index (χ0) is 26.0. The average molecular weight is 510 g/mol. The Morgan fingerprint density at radius 2 is 1.84 bits per heavy atom. The molecule has 192 valence electrons. The first kappa shape index (κ1) is 24.7. The fraction of sp³-hybridized carbons (Fsp3) is 0.269. The van der Waals surface area contributed by atoms with E-state index in [1.807, 2.05) is 6.92 Å². The average Bonchev–Trinajstić information content (AvgIpc) is 3.57. The van der Waals surface area contributed by atoms with Gasteiger partial charge in [-0.25, -0.2) is 9.97 Å². The van der Waals surface area contributed by atoms with E-state index in [1.165, 1.54) is 6.33 Å². The van der Waals surface area contributed by atoms with Crippen LogP contribution in [-0.4, -0.2) is 33.9 Å². The monoisotopic (exact) mass is 509 g/mol. The highest BCUT2D eigenvalue weighted by Crippen LogP contribution is 2.33. The van der Waals surface area contributed by atoms with Crippen LogP contribution in [0.3, 0.4) is 0 Å². The maximum Gasteiger partial charge on any atom is 0.416 e. The molecule has 11 heteroatoms. The molecular formula is C26H26F3N7O. The van der Waals surface area contributed by atoms with Crippen molar-refractivity contribution >= 4 is 23.0 Å². The zero-order valence-corrected chi connectivity index (χ0v) is 20.1. The molecule has 0 saturated carbocycles. The quantitative estimate of drug-likeness (QED) is 0.452. The molecule has 0 atom stereocenters. The standard InChI is InChI=1S/C26H26F3N7O/c1-17-4-5-19(10-24(17)36-15-23(33-34-36)20-12-30-16-31-13-20)25(37)32-22-9-18(14-35-6-2-3-7-35)8-21(11-22)26(27,28)29/h4-5,8-13,15-16,33-34H,2-3,6-7,14H2,1H3,(H,32,37). The van der Waals surface area contributed by atoms with E-state index in [1.54, 1.807) is 47.9 Å². The van der Waals surface area contributed by atoms with Crippen LogP contribution in [0.25, 0.3) is 5.70 Å². The van der Waals surface area contributed by atoms with Crippen LogP contribution in [0.15, 0.2) is 61.3 Å². The van der Waals surface area contributed by atoms with Gasteiger partial charge in [-0.05, 0) is 74.3 Å². The van der Waals surface area contributed by atoms with E-state index >= 15 is 0 Å². The third kappa shape index (κ3) is 5.73.